The lowest BCUT2D eigenvalue weighted by Crippen LogP contribution is -2.09. The largest absolute Gasteiger partial charge is 0.467 e. The summed E-state index contributed by atoms with van der Waals surface area (Å²) >= 11 is 0. The number of ether oxygens (including phenoxy) is 4. The SMILES string of the molecule is COCOc1cc(C)cc(OCOC)c1C(=O)C#N. The number of aryl methyl sites for hydroxylation is 1. The third-order valence-corrected chi connectivity index (χ3v) is 2.20. The third-order valence-electron chi connectivity index (χ3n) is 2.20. The Labute approximate surface area is 111 Å². The number of hydrogen-bond donors (Lipinski definition) is 0. The number of nitrogens with zero attached hydrogens (tertiary/aromatic N) is 1. The Hall–Kier alpha value is -2.10. The van der Waals surface area contributed by atoms with Crippen LogP contribution in [0.3, 0.4) is 0 Å². The van der Waals surface area contributed by atoms with E-state index in [1.54, 1.807) is 18.2 Å². The predicted molar refractivity (Wildman–Crippen MR) is 66.1 cm³/mol. The predicted octanol–water partition coefficient (Wildman–Crippen LogP) is 1.67. The van der Waals surface area contributed by atoms with Crippen molar-refractivity contribution in [2.45, 2.75) is 6.92 Å². The van der Waals surface area contributed by atoms with Crippen LogP contribution in [0.15, 0.2) is 12.1 Å². The lowest BCUT2D eigenvalue weighted by atomic mass is 10.1. The van der Waals surface area contributed by atoms with Gasteiger partial charge in [-0.25, -0.2) is 0 Å². The van der Waals surface area contributed by atoms with Crippen LogP contribution < -0.4 is 9.47 Å². The highest BCUT2D eigenvalue weighted by atomic mass is 16.7. The van der Waals surface area contributed by atoms with Crippen LogP contribution in [-0.2, 0) is 9.47 Å². The lowest BCUT2D eigenvalue weighted by molar-refractivity contribution is 0.0446. The molecule has 0 aliphatic carbocycles. The van der Waals surface area contributed by atoms with Crippen LogP contribution in [0.25, 0.3) is 0 Å². The first-order valence-corrected chi connectivity index (χ1v) is 5.46. The van der Waals surface area contributed by atoms with Crippen molar-refractivity contribution in [2.24, 2.45) is 0 Å². The number of methoxy groups -OCH3 is 2. The Kier molecular flexibility index (Phi) is 5.79. The Balaban J connectivity index is 3.23. The molecule has 1 aromatic rings. The van der Waals surface area contributed by atoms with Crippen LogP contribution in [-0.4, -0.2) is 33.6 Å². The molecule has 0 aliphatic heterocycles. The van der Waals surface area contributed by atoms with Crippen LogP contribution in [0.1, 0.15) is 15.9 Å². The van der Waals surface area contributed by atoms with Crippen molar-refractivity contribution in [2.75, 3.05) is 27.8 Å². The van der Waals surface area contributed by atoms with Crippen molar-refractivity contribution >= 4 is 5.78 Å². The normalized spacial score (nSPS) is 9.79. The van der Waals surface area contributed by atoms with Crippen molar-refractivity contribution < 1.29 is 23.7 Å². The molecule has 0 amide bonds. The minimum Gasteiger partial charge on any atom is -0.467 e. The maximum absolute atomic E-state index is 11.7. The first kappa shape index (κ1) is 15.0. The molecule has 0 heterocycles. The second-order valence-electron chi connectivity index (χ2n) is 3.68. The van der Waals surface area contributed by atoms with E-state index in [9.17, 15) is 4.79 Å². The summed E-state index contributed by atoms with van der Waals surface area (Å²) in [6, 6.07) is 4.84. The van der Waals surface area contributed by atoms with E-state index in [2.05, 4.69) is 0 Å². The summed E-state index contributed by atoms with van der Waals surface area (Å²) in [6.07, 6.45) is 0. The molecule has 0 radical (unpaired) electrons. The van der Waals surface area contributed by atoms with E-state index >= 15 is 0 Å². The van der Waals surface area contributed by atoms with Gasteiger partial charge >= 0.3 is 0 Å². The fourth-order valence-electron chi connectivity index (χ4n) is 1.47. The fraction of sp³-hybridized carbons (Fsp3) is 0.385. The summed E-state index contributed by atoms with van der Waals surface area (Å²) in [5, 5.41) is 8.78. The molecule has 1 rings (SSSR count). The summed E-state index contributed by atoms with van der Waals surface area (Å²) in [5.74, 6) is -0.240. The van der Waals surface area contributed by atoms with Gasteiger partial charge in [-0.3, -0.25) is 4.79 Å². The van der Waals surface area contributed by atoms with E-state index in [-0.39, 0.29) is 30.6 Å². The molecule has 0 aromatic heterocycles. The van der Waals surface area contributed by atoms with Crippen LogP contribution in [0.4, 0.5) is 0 Å². The summed E-state index contributed by atoms with van der Waals surface area (Å²) in [6.45, 7) is 1.76. The first-order chi connectivity index (χ1) is 9.13. The molecule has 0 N–H and O–H groups in total. The average Bonchev–Trinajstić information content (AvgIpc) is 2.41. The van der Waals surface area contributed by atoms with E-state index in [0.717, 1.165) is 5.56 Å². The van der Waals surface area contributed by atoms with Crippen LogP contribution >= 0.6 is 0 Å². The van der Waals surface area contributed by atoms with Crippen molar-refractivity contribution in [1.29, 1.82) is 5.26 Å². The Morgan fingerprint density at radius 2 is 1.63 bits per heavy atom. The maximum Gasteiger partial charge on any atom is 0.269 e. The molecule has 0 spiro atoms. The molecule has 19 heavy (non-hydrogen) atoms. The molecule has 0 fully saturated rings. The topological polar surface area (TPSA) is 77.8 Å². The van der Waals surface area contributed by atoms with Crippen molar-refractivity contribution in [3.8, 4) is 17.6 Å². The molecule has 6 heteroatoms. The zero-order valence-electron chi connectivity index (χ0n) is 11.1. The van der Waals surface area contributed by atoms with Gasteiger partial charge in [0.25, 0.3) is 5.78 Å². The van der Waals surface area contributed by atoms with Crippen LogP contribution in [0.5, 0.6) is 11.5 Å². The van der Waals surface area contributed by atoms with Gasteiger partial charge in [0.15, 0.2) is 13.6 Å². The highest BCUT2D eigenvalue weighted by molar-refractivity contribution is 6.11. The average molecular weight is 265 g/mol. The monoisotopic (exact) mass is 265 g/mol. The second kappa shape index (κ2) is 7.36. The maximum atomic E-state index is 11.7. The number of carbonyl (C=O) groups excluding carboxylic acids is 1. The van der Waals surface area contributed by atoms with Gasteiger partial charge in [-0.1, -0.05) is 0 Å². The minimum absolute atomic E-state index is 0.0289. The smallest absolute Gasteiger partial charge is 0.269 e. The quantitative estimate of drug-likeness (QED) is 0.424. The molecule has 0 unspecified atom stereocenters. The van der Waals surface area contributed by atoms with Gasteiger partial charge in [-0.2, -0.15) is 5.26 Å². The number of rotatable bonds is 7. The van der Waals surface area contributed by atoms with Gasteiger partial charge < -0.3 is 18.9 Å². The summed E-state index contributed by atoms with van der Waals surface area (Å²) < 4.78 is 20.2. The highest BCUT2D eigenvalue weighted by Gasteiger charge is 2.20. The number of carbonyl (C=O) groups is 1. The zero-order valence-corrected chi connectivity index (χ0v) is 11.1. The van der Waals surface area contributed by atoms with Crippen molar-refractivity contribution in [3.63, 3.8) is 0 Å². The molecule has 0 saturated carbocycles. The molecule has 1 aromatic carbocycles. The lowest BCUT2D eigenvalue weighted by Gasteiger charge is -2.14. The third kappa shape index (κ3) is 3.95. The van der Waals surface area contributed by atoms with Crippen molar-refractivity contribution in [3.05, 3.63) is 23.3 Å². The van der Waals surface area contributed by atoms with Crippen LogP contribution in [0.2, 0.25) is 0 Å². The van der Waals surface area contributed by atoms with Gasteiger partial charge in [0.05, 0.1) is 0 Å². The number of benzene rings is 1. The molecule has 0 aliphatic rings. The molecular weight excluding hydrogens is 250 g/mol. The Morgan fingerprint density at radius 3 is 2.00 bits per heavy atom. The van der Waals surface area contributed by atoms with E-state index in [4.69, 9.17) is 24.2 Å². The van der Waals surface area contributed by atoms with E-state index in [1.807, 2.05) is 6.92 Å². The molecular formula is C13H15NO5. The van der Waals surface area contributed by atoms with Gasteiger partial charge in [0, 0.05) is 14.2 Å². The van der Waals surface area contributed by atoms with Crippen LogP contribution in [0, 0.1) is 18.3 Å². The minimum atomic E-state index is -0.739. The standard InChI is InChI=1S/C13H15NO5/c1-9-4-11(18-7-16-2)13(10(15)6-14)12(5-9)19-8-17-3/h4-5H,7-8H2,1-3H3. The van der Waals surface area contributed by atoms with E-state index in [1.165, 1.54) is 14.2 Å². The summed E-state index contributed by atoms with van der Waals surface area (Å²) in [7, 11) is 2.92. The van der Waals surface area contributed by atoms with E-state index < -0.39 is 5.78 Å². The van der Waals surface area contributed by atoms with Gasteiger partial charge in [-0.15, -0.1) is 0 Å². The Morgan fingerprint density at radius 1 is 1.16 bits per heavy atom. The molecule has 102 valence electrons. The second-order valence-corrected chi connectivity index (χ2v) is 3.68. The molecule has 6 nitrogen and oxygen atoms in total. The van der Waals surface area contributed by atoms with Crippen molar-refractivity contribution in [1.82, 2.24) is 0 Å². The fourth-order valence-corrected chi connectivity index (χ4v) is 1.47. The van der Waals surface area contributed by atoms with Gasteiger partial charge in [0.2, 0.25) is 0 Å². The molecule has 0 atom stereocenters. The Bertz CT molecular complexity index is 463. The number of hydrogen-bond acceptors (Lipinski definition) is 6. The zero-order chi connectivity index (χ0) is 14.3. The van der Waals surface area contributed by atoms with Gasteiger partial charge in [-0.05, 0) is 24.6 Å². The molecule has 0 bridgehead atoms. The summed E-state index contributed by atoms with van der Waals surface area (Å²) in [4.78, 5) is 11.7. The number of Topliss-reactive ketones (excluding diaryl/α,β-unsaturated/α-hetero) is 1. The van der Waals surface area contributed by atoms with E-state index in [0.29, 0.717) is 0 Å². The van der Waals surface area contributed by atoms with Gasteiger partial charge in [0.1, 0.15) is 23.1 Å². The summed E-state index contributed by atoms with van der Waals surface area (Å²) in [5.41, 5.74) is 0.897. The molecule has 0 saturated heterocycles. The first-order valence-electron chi connectivity index (χ1n) is 5.46. The number of nitriles is 1. The highest BCUT2D eigenvalue weighted by Crippen LogP contribution is 2.31. The number of ketones is 1.